The van der Waals surface area contributed by atoms with Gasteiger partial charge in [0.25, 0.3) is 0 Å². The monoisotopic (exact) mass is 372 g/mol. The lowest BCUT2D eigenvalue weighted by Crippen LogP contribution is -2.23. The molecule has 0 aliphatic rings. The molecule has 146 valence electrons. The van der Waals surface area contributed by atoms with Crippen LogP contribution in [0.1, 0.15) is 36.1 Å². The second-order valence-corrected chi connectivity index (χ2v) is 7.52. The van der Waals surface area contributed by atoms with Gasteiger partial charge in [0.05, 0.1) is 0 Å². The fourth-order valence-electron chi connectivity index (χ4n) is 3.61. The highest BCUT2D eigenvalue weighted by Crippen LogP contribution is 2.21. The smallest absolute Gasteiger partial charge is 0.0429 e. The molecule has 0 aromatic heterocycles. The summed E-state index contributed by atoms with van der Waals surface area (Å²) in [4.78, 5) is 4.85. The fraction of sp³-hybridized carbons (Fsp3) is 0.308. The Hall–Kier alpha value is -2.74. The summed E-state index contributed by atoms with van der Waals surface area (Å²) in [6, 6.07) is 26.6. The van der Waals surface area contributed by atoms with E-state index in [2.05, 4.69) is 110 Å². The van der Waals surface area contributed by atoms with Crippen LogP contribution in [-0.4, -0.2) is 13.1 Å². The van der Waals surface area contributed by atoms with Gasteiger partial charge in [-0.25, -0.2) is 0 Å². The first-order valence-corrected chi connectivity index (χ1v) is 10.3. The number of aryl methyl sites for hydroxylation is 2. The summed E-state index contributed by atoms with van der Waals surface area (Å²) in [5.41, 5.74) is 7.91. The lowest BCUT2D eigenvalue weighted by molar-refractivity contribution is 0.820. The quantitative estimate of drug-likeness (QED) is 0.454. The molecule has 3 aromatic rings. The largest absolute Gasteiger partial charge is 0.367 e. The van der Waals surface area contributed by atoms with E-state index in [1.165, 1.54) is 33.6 Å². The van der Waals surface area contributed by atoms with E-state index in [1.807, 2.05) is 0 Å². The molecule has 0 aliphatic heterocycles. The number of benzene rings is 3. The van der Waals surface area contributed by atoms with Crippen molar-refractivity contribution in [1.82, 2.24) is 0 Å². The molecule has 0 unspecified atom stereocenters. The van der Waals surface area contributed by atoms with Crippen LogP contribution in [0.4, 0.5) is 11.4 Å². The zero-order valence-electron chi connectivity index (χ0n) is 17.7. The predicted octanol–water partition coefficient (Wildman–Crippen LogP) is 6.36. The summed E-state index contributed by atoms with van der Waals surface area (Å²) < 4.78 is 0. The zero-order chi connectivity index (χ0) is 19.9. The summed E-state index contributed by atoms with van der Waals surface area (Å²) in [5, 5.41) is 0. The maximum absolute atomic E-state index is 2.42. The van der Waals surface area contributed by atoms with Gasteiger partial charge >= 0.3 is 0 Å². The summed E-state index contributed by atoms with van der Waals surface area (Å²) in [6.07, 6.45) is 0. The molecule has 0 spiro atoms. The van der Waals surface area contributed by atoms with Gasteiger partial charge in [-0.15, -0.1) is 0 Å². The van der Waals surface area contributed by atoms with Crippen LogP contribution in [-0.2, 0) is 13.1 Å². The van der Waals surface area contributed by atoms with Gasteiger partial charge in [-0.05, 0) is 74.2 Å². The summed E-state index contributed by atoms with van der Waals surface area (Å²) in [7, 11) is 0. The van der Waals surface area contributed by atoms with E-state index in [0.717, 1.165) is 26.2 Å². The fourth-order valence-corrected chi connectivity index (χ4v) is 3.61. The number of hydrogen-bond donors (Lipinski definition) is 0. The Kier molecular flexibility index (Phi) is 6.76. The van der Waals surface area contributed by atoms with E-state index in [-0.39, 0.29) is 0 Å². The van der Waals surface area contributed by atoms with Crippen molar-refractivity contribution in [2.24, 2.45) is 0 Å². The molecule has 0 saturated heterocycles. The molecule has 2 heteroatoms. The van der Waals surface area contributed by atoms with Crippen molar-refractivity contribution in [1.29, 1.82) is 0 Å². The Labute approximate surface area is 170 Å². The third kappa shape index (κ3) is 5.16. The minimum absolute atomic E-state index is 0.940. The van der Waals surface area contributed by atoms with E-state index < -0.39 is 0 Å². The lowest BCUT2D eigenvalue weighted by Gasteiger charge is -2.25. The van der Waals surface area contributed by atoms with Crippen molar-refractivity contribution in [3.8, 4) is 0 Å². The van der Waals surface area contributed by atoms with Crippen molar-refractivity contribution in [2.75, 3.05) is 22.9 Å². The van der Waals surface area contributed by atoms with Gasteiger partial charge in [-0.3, -0.25) is 0 Å². The second-order valence-electron chi connectivity index (χ2n) is 7.52. The van der Waals surface area contributed by atoms with Crippen LogP contribution in [0.3, 0.4) is 0 Å². The van der Waals surface area contributed by atoms with E-state index in [1.54, 1.807) is 0 Å². The highest BCUT2D eigenvalue weighted by molar-refractivity contribution is 5.50. The van der Waals surface area contributed by atoms with Crippen LogP contribution in [0.15, 0.2) is 72.8 Å². The first-order chi connectivity index (χ1) is 13.6. The maximum Gasteiger partial charge on any atom is 0.0429 e. The van der Waals surface area contributed by atoms with Gasteiger partial charge < -0.3 is 9.80 Å². The third-order valence-electron chi connectivity index (χ3n) is 5.27. The molecule has 0 bridgehead atoms. The first kappa shape index (κ1) is 20.0. The maximum atomic E-state index is 2.42. The number of anilines is 2. The third-order valence-corrected chi connectivity index (χ3v) is 5.27. The van der Waals surface area contributed by atoms with Crippen molar-refractivity contribution in [2.45, 2.75) is 40.8 Å². The molecule has 0 heterocycles. The Morgan fingerprint density at radius 2 is 0.964 bits per heavy atom. The Morgan fingerprint density at radius 3 is 1.29 bits per heavy atom. The Morgan fingerprint density at radius 1 is 0.571 bits per heavy atom. The van der Waals surface area contributed by atoms with Gasteiger partial charge in [0.15, 0.2) is 0 Å². The van der Waals surface area contributed by atoms with Crippen LogP contribution in [0.25, 0.3) is 0 Å². The molecule has 0 saturated carbocycles. The van der Waals surface area contributed by atoms with Gasteiger partial charge in [0.1, 0.15) is 0 Å². The topological polar surface area (TPSA) is 6.48 Å². The van der Waals surface area contributed by atoms with E-state index in [0.29, 0.717) is 0 Å². The molecule has 2 nitrogen and oxygen atoms in total. The minimum atomic E-state index is 0.940. The summed E-state index contributed by atoms with van der Waals surface area (Å²) >= 11 is 0. The van der Waals surface area contributed by atoms with E-state index in [4.69, 9.17) is 0 Å². The second kappa shape index (κ2) is 9.45. The lowest BCUT2D eigenvalue weighted by atomic mass is 10.1. The number of nitrogens with zero attached hydrogens (tertiary/aromatic N) is 2. The molecular formula is C26H32N2. The van der Waals surface area contributed by atoms with Crippen LogP contribution in [0.5, 0.6) is 0 Å². The Balaban J connectivity index is 1.68. The summed E-state index contributed by atoms with van der Waals surface area (Å²) in [6.45, 7) is 12.6. The predicted molar refractivity (Wildman–Crippen MR) is 122 cm³/mol. The van der Waals surface area contributed by atoms with Gasteiger partial charge in [-0.2, -0.15) is 0 Å². The molecule has 0 radical (unpaired) electrons. The van der Waals surface area contributed by atoms with Gasteiger partial charge in [0.2, 0.25) is 0 Å². The Bertz CT molecular complexity index is 808. The molecule has 3 rings (SSSR count). The average Bonchev–Trinajstić information content (AvgIpc) is 2.71. The molecule has 28 heavy (non-hydrogen) atoms. The van der Waals surface area contributed by atoms with Gasteiger partial charge in [-0.1, -0.05) is 48.5 Å². The molecule has 0 fully saturated rings. The van der Waals surface area contributed by atoms with Crippen LogP contribution in [0, 0.1) is 13.8 Å². The van der Waals surface area contributed by atoms with Gasteiger partial charge in [0, 0.05) is 37.6 Å². The average molecular weight is 373 g/mol. The van der Waals surface area contributed by atoms with E-state index in [9.17, 15) is 0 Å². The molecule has 0 atom stereocenters. The molecule has 0 N–H and O–H groups in total. The van der Waals surface area contributed by atoms with Crippen LogP contribution >= 0.6 is 0 Å². The van der Waals surface area contributed by atoms with Crippen molar-refractivity contribution >= 4 is 11.4 Å². The molecule has 3 aromatic carbocycles. The standard InChI is InChI=1S/C26H32N2/c1-5-27(25-11-7-9-21(3)17-25)19-23-13-15-24(16-14-23)20-28(6-2)26-12-8-10-22(4)18-26/h7-18H,5-6,19-20H2,1-4H3. The zero-order valence-corrected chi connectivity index (χ0v) is 17.7. The number of rotatable bonds is 8. The molecule has 0 amide bonds. The summed E-state index contributed by atoms with van der Waals surface area (Å²) in [5.74, 6) is 0. The van der Waals surface area contributed by atoms with Crippen LogP contribution < -0.4 is 9.80 Å². The molecule has 0 aliphatic carbocycles. The highest BCUT2D eigenvalue weighted by atomic mass is 15.1. The minimum Gasteiger partial charge on any atom is -0.367 e. The highest BCUT2D eigenvalue weighted by Gasteiger charge is 2.08. The van der Waals surface area contributed by atoms with Crippen molar-refractivity contribution in [3.05, 3.63) is 95.1 Å². The number of hydrogen-bond acceptors (Lipinski definition) is 2. The van der Waals surface area contributed by atoms with Crippen molar-refractivity contribution in [3.63, 3.8) is 0 Å². The SMILES string of the molecule is CCN(Cc1ccc(CN(CC)c2cccc(C)c2)cc1)c1cccc(C)c1. The first-order valence-electron chi connectivity index (χ1n) is 10.3. The normalized spacial score (nSPS) is 10.7. The van der Waals surface area contributed by atoms with Crippen LogP contribution in [0.2, 0.25) is 0 Å². The van der Waals surface area contributed by atoms with E-state index >= 15 is 0 Å². The molecular weight excluding hydrogens is 340 g/mol. The van der Waals surface area contributed by atoms with Crippen molar-refractivity contribution < 1.29 is 0 Å².